The number of anilines is 2. The van der Waals surface area contributed by atoms with Crippen molar-refractivity contribution in [2.75, 3.05) is 11.1 Å². The molecule has 98 valence electrons. The summed E-state index contributed by atoms with van der Waals surface area (Å²) in [5.41, 5.74) is 8.10. The highest BCUT2D eigenvalue weighted by Crippen LogP contribution is 2.24. The molecular formula is C14H13IN2O2. The van der Waals surface area contributed by atoms with Crippen molar-refractivity contribution in [1.82, 2.24) is 0 Å². The van der Waals surface area contributed by atoms with Gasteiger partial charge in [-0.2, -0.15) is 0 Å². The summed E-state index contributed by atoms with van der Waals surface area (Å²) in [5.74, 6) is -0.399. The molecule has 0 saturated carbocycles. The standard InChI is InChI=1S/C14H13IN2O2/c1-8-11(16)3-2-4-12(8)17-14(19)10-7-9(15)5-6-13(10)18/h2-7,18H,16H2,1H3,(H,17,19). The van der Waals surface area contributed by atoms with Crippen LogP contribution < -0.4 is 11.1 Å². The van der Waals surface area contributed by atoms with Crippen molar-refractivity contribution in [2.24, 2.45) is 0 Å². The summed E-state index contributed by atoms with van der Waals surface area (Å²) in [7, 11) is 0. The molecule has 4 N–H and O–H groups in total. The summed E-state index contributed by atoms with van der Waals surface area (Å²) in [6, 6.07) is 10.2. The summed E-state index contributed by atoms with van der Waals surface area (Å²) < 4.78 is 0.879. The van der Waals surface area contributed by atoms with Crippen molar-refractivity contribution in [2.45, 2.75) is 6.92 Å². The number of nitrogens with one attached hydrogen (secondary N) is 1. The third kappa shape index (κ3) is 2.98. The smallest absolute Gasteiger partial charge is 0.259 e. The van der Waals surface area contributed by atoms with Crippen LogP contribution in [-0.4, -0.2) is 11.0 Å². The van der Waals surface area contributed by atoms with Crippen LogP contribution in [0.1, 0.15) is 15.9 Å². The molecule has 0 atom stereocenters. The number of phenolic OH excluding ortho intramolecular Hbond substituents is 1. The Bertz CT molecular complexity index is 641. The minimum Gasteiger partial charge on any atom is -0.507 e. The first-order valence-electron chi connectivity index (χ1n) is 5.64. The lowest BCUT2D eigenvalue weighted by atomic mass is 10.1. The van der Waals surface area contributed by atoms with Gasteiger partial charge in [0.25, 0.3) is 5.91 Å². The molecule has 0 unspecified atom stereocenters. The van der Waals surface area contributed by atoms with Crippen LogP contribution in [0.5, 0.6) is 5.75 Å². The molecule has 19 heavy (non-hydrogen) atoms. The molecule has 2 aromatic carbocycles. The minimum absolute atomic E-state index is 0.0422. The van der Waals surface area contributed by atoms with Crippen molar-refractivity contribution >= 4 is 39.9 Å². The third-order valence-electron chi connectivity index (χ3n) is 2.83. The molecule has 2 aromatic rings. The molecule has 2 rings (SSSR count). The molecule has 0 aliphatic heterocycles. The second kappa shape index (κ2) is 5.48. The number of carbonyl (C=O) groups excluding carboxylic acids is 1. The molecule has 5 heteroatoms. The van der Waals surface area contributed by atoms with Gasteiger partial charge in [0.1, 0.15) is 5.75 Å². The van der Waals surface area contributed by atoms with E-state index in [2.05, 4.69) is 27.9 Å². The minimum atomic E-state index is -0.357. The summed E-state index contributed by atoms with van der Waals surface area (Å²) in [4.78, 5) is 12.1. The van der Waals surface area contributed by atoms with Crippen LogP contribution >= 0.6 is 22.6 Å². The Labute approximate surface area is 124 Å². The lowest BCUT2D eigenvalue weighted by molar-refractivity contribution is 0.102. The van der Waals surface area contributed by atoms with Gasteiger partial charge in [-0.15, -0.1) is 0 Å². The van der Waals surface area contributed by atoms with Crippen molar-refractivity contribution in [3.63, 3.8) is 0 Å². The van der Waals surface area contributed by atoms with Gasteiger partial charge in [0.05, 0.1) is 5.56 Å². The number of rotatable bonds is 2. The van der Waals surface area contributed by atoms with E-state index in [9.17, 15) is 9.90 Å². The van der Waals surface area contributed by atoms with Crippen LogP contribution in [0.15, 0.2) is 36.4 Å². The van der Waals surface area contributed by atoms with E-state index in [1.165, 1.54) is 6.07 Å². The zero-order valence-corrected chi connectivity index (χ0v) is 12.4. The van der Waals surface area contributed by atoms with Gasteiger partial charge in [0.2, 0.25) is 0 Å². The molecule has 0 spiro atoms. The number of amides is 1. The van der Waals surface area contributed by atoms with E-state index in [0.717, 1.165) is 9.13 Å². The number of hydrogen-bond acceptors (Lipinski definition) is 3. The average molecular weight is 368 g/mol. The van der Waals surface area contributed by atoms with E-state index in [1.54, 1.807) is 30.3 Å². The zero-order valence-electron chi connectivity index (χ0n) is 10.3. The highest BCUT2D eigenvalue weighted by molar-refractivity contribution is 14.1. The Kier molecular flexibility index (Phi) is 3.94. The summed E-state index contributed by atoms with van der Waals surface area (Å²) >= 11 is 2.09. The van der Waals surface area contributed by atoms with Gasteiger partial charge in [-0.3, -0.25) is 4.79 Å². The van der Waals surface area contributed by atoms with Crippen LogP contribution in [0.25, 0.3) is 0 Å². The number of nitrogen functional groups attached to an aromatic ring is 1. The number of nitrogens with two attached hydrogens (primary N) is 1. The fraction of sp³-hybridized carbons (Fsp3) is 0.0714. The fourth-order valence-electron chi connectivity index (χ4n) is 1.67. The molecular weight excluding hydrogens is 355 g/mol. The lowest BCUT2D eigenvalue weighted by Gasteiger charge is -2.11. The van der Waals surface area contributed by atoms with Gasteiger partial charge in [-0.1, -0.05) is 6.07 Å². The largest absolute Gasteiger partial charge is 0.507 e. The molecule has 0 radical (unpaired) electrons. The first-order chi connectivity index (χ1) is 8.99. The number of phenols is 1. The maximum Gasteiger partial charge on any atom is 0.259 e. The zero-order chi connectivity index (χ0) is 14.0. The van der Waals surface area contributed by atoms with Crippen molar-refractivity contribution in [1.29, 1.82) is 0 Å². The fourth-order valence-corrected chi connectivity index (χ4v) is 2.16. The number of carbonyl (C=O) groups is 1. The highest BCUT2D eigenvalue weighted by atomic mass is 127. The van der Waals surface area contributed by atoms with Crippen LogP contribution in [0.2, 0.25) is 0 Å². The number of halogens is 1. The first kappa shape index (κ1) is 13.7. The second-order valence-corrected chi connectivity index (χ2v) is 5.38. The van der Waals surface area contributed by atoms with E-state index in [-0.39, 0.29) is 17.2 Å². The lowest BCUT2D eigenvalue weighted by Crippen LogP contribution is -2.13. The van der Waals surface area contributed by atoms with E-state index >= 15 is 0 Å². The Morgan fingerprint density at radius 3 is 2.79 bits per heavy atom. The SMILES string of the molecule is Cc1c(N)cccc1NC(=O)c1cc(I)ccc1O. The highest BCUT2D eigenvalue weighted by Gasteiger charge is 2.13. The average Bonchev–Trinajstić information content (AvgIpc) is 2.38. The van der Waals surface area contributed by atoms with Crippen LogP contribution in [0.4, 0.5) is 11.4 Å². The molecule has 0 bridgehead atoms. The molecule has 0 aliphatic rings. The molecule has 0 fully saturated rings. The van der Waals surface area contributed by atoms with Crippen LogP contribution in [0.3, 0.4) is 0 Å². The summed E-state index contributed by atoms with van der Waals surface area (Å²) in [5, 5.41) is 12.5. The van der Waals surface area contributed by atoms with Gasteiger partial charge >= 0.3 is 0 Å². The Morgan fingerprint density at radius 2 is 2.05 bits per heavy atom. The maximum absolute atomic E-state index is 12.1. The summed E-state index contributed by atoms with van der Waals surface area (Å²) in [6.45, 7) is 1.83. The van der Waals surface area contributed by atoms with Gasteiger partial charge in [0.15, 0.2) is 0 Å². The van der Waals surface area contributed by atoms with Crippen LogP contribution in [-0.2, 0) is 0 Å². The molecule has 0 aromatic heterocycles. The topological polar surface area (TPSA) is 75.3 Å². The van der Waals surface area contributed by atoms with Crippen molar-refractivity contribution in [3.8, 4) is 5.75 Å². The van der Waals surface area contributed by atoms with E-state index in [0.29, 0.717) is 11.4 Å². The second-order valence-electron chi connectivity index (χ2n) is 4.14. The Balaban J connectivity index is 2.31. The molecule has 0 heterocycles. The van der Waals surface area contributed by atoms with Crippen molar-refractivity contribution < 1.29 is 9.90 Å². The van der Waals surface area contributed by atoms with E-state index < -0.39 is 0 Å². The van der Waals surface area contributed by atoms with Gasteiger partial charge in [-0.25, -0.2) is 0 Å². The third-order valence-corrected chi connectivity index (χ3v) is 3.50. The van der Waals surface area contributed by atoms with Gasteiger partial charge in [0, 0.05) is 14.9 Å². The molecule has 0 aliphatic carbocycles. The summed E-state index contributed by atoms with van der Waals surface area (Å²) in [6.07, 6.45) is 0. The Hall–Kier alpha value is -1.76. The first-order valence-corrected chi connectivity index (χ1v) is 6.72. The predicted octanol–water partition coefficient (Wildman–Crippen LogP) is 3.14. The number of benzene rings is 2. The van der Waals surface area contributed by atoms with Gasteiger partial charge in [-0.05, 0) is 65.4 Å². The van der Waals surface area contributed by atoms with E-state index in [4.69, 9.17) is 5.73 Å². The monoisotopic (exact) mass is 368 g/mol. The van der Waals surface area contributed by atoms with Gasteiger partial charge < -0.3 is 16.2 Å². The predicted molar refractivity (Wildman–Crippen MR) is 84.4 cm³/mol. The van der Waals surface area contributed by atoms with Crippen LogP contribution in [0, 0.1) is 10.5 Å². The molecule has 4 nitrogen and oxygen atoms in total. The Morgan fingerprint density at radius 1 is 1.32 bits per heavy atom. The number of aromatic hydroxyl groups is 1. The molecule has 1 amide bonds. The number of hydrogen-bond donors (Lipinski definition) is 3. The normalized spacial score (nSPS) is 10.2. The quantitative estimate of drug-likeness (QED) is 0.563. The molecule has 0 saturated heterocycles. The van der Waals surface area contributed by atoms with Crippen molar-refractivity contribution in [3.05, 3.63) is 51.1 Å². The maximum atomic E-state index is 12.1. The van der Waals surface area contributed by atoms with E-state index in [1.807, 2.05) is 6.92 Å².